The molecule has 0 amide bonds. The molecule has 1 saturated heterocycles. The lowest BCUT2D eigenvalue weighted by Gasteiger charge is -2.37. The summed E-state index contributed by atoms with van der Waals surface area (Å²) >= 11 is 1.85. The fourth-order valence-electron chi connectivity index (χ4n) is 5.07. The monoisotopic (exact) mass is 448 g/mol. The molecule has 2 aliphatic rings. The summed E-state index contributed by atoms with van der Waals surface area (Å²) in [6.45, 7) is 13.1. The van der Waals surface area contributed by atoms with Gasteiger partial charge in [0.25, 0.3) is 0 Å². The predicted molar refractivity (Wildman–Crippen MR) is 138 cm³/mol. The quantitative estimate of drug-likeness (QED) is 0.426. The first-order valence-electron chi connectivity index (χ1n) is 11.8. The minimum Gasteiger partial charge on any atom is -0.383 e. The number of hydrogen-bond donors (Lipinski definition) is 0. The summed E-state index contributed by atoms with van der Waals surface area (Å²) in [5.74, 6) is 0.741. The lowest BCUT2D eigenvalue weighted by Crippen LogP contribution is -2.43. The van der Waals surface area contributed by atoms with Crippen LogP contribution in [0.25, 0.3) is 12.2 Å². The molecule has 0 saturated carbocycles. The van der Waals surface area contributed by atoms with Gasteiger partial charge in [-0.3, -0.25) is 4.90 Å². The van der Waals surface area contributed by atoms with Gasteiger partial charge < -0.3 is 4.74 Å². The van der Waals surface area contributed by atoms with E-state index in [-0.39, 0.29) is 0 Å². The van der Waals surface area contributed by atoms with Crippen LogP contribution in [0.2, 0.25) is 0 Å². The van der Waals surface area contributed by atoms with Crippen LogP contribution in [0.4, 0.5) is 0 Å². The number of rotatable bonds is 10. The lowest BCUT2D eigenvalue weighted by molar-refractivity contribution is 0.122. The average molecular weight is 449 g/mol. The smallest absolute Gasteiger partial charge is 0.0599 e. The first-order valence-corrected chi connectivity index (χ1v) is 12.6. The zero-order valence-electron chi connectivity index (χ0n) is 19.3. The number of hydrogen-bond acceptors (Lipinski definition) is 4. The summed E-state index contributed by atoms with van der Waals surface area (Å²) in [7, 11) is 1.79. The summed E-state index contributed by atoms with van der Waals surface area (Å²) in [6.07, 6.45) is 8.82. The van der Waals surface area contributed by atoms with E-state index in [1.54, 1.807) is 18.2 Å². The van der Waals surface area contributed by atoms with E-state index in [0.29, 0.717) is 6.04 Å². The van der Waals surface area contributed by atoms with E-state index in [1.807, 2.05) is 24.1 Å². The van der Waals surface area contributed by atoms with E-state index in [9.17, 15) is 0 Å². The van der Waals surface area contributed by atoms with Crippen LogP contribution in [-0.4, -0.2) is 55.1 Å². The molecule has 1 heterocycles. The van der Waals surface area contributed by atoms with E-state index in [0.717, 1.165) is 36.7 Å². The van der Waals surface area contributed by atoms with Crippen molar-refractivity contribution in [2.24, 2.45) is 5.92 Å². The van der Waals surface area contributed by atoms with Gasteiger partial charge >= 0.3 is 0 Å². The average Bonchev–Trinajstić information content (AvgIpc) is 3.27. The Morgan fingerprint density at radius 1 is 1.03 bits per heavy atom. The summed E-state index contributed by atoms with van der Waals surface area (Å²) < 4.78 is 7.89. The van der Waals surface area contributed by atoms with Crippen LogP contribution in [0, 0.1) is 5.92 Å². The topological polar surface area (TPSA) is 15.7 Å². The van der Waals surface area contributed by atoms with Crippen molar-refractivity contribution >= 4 is 24.1 Å². The van der Waals surface area contributed by atoms with Crippen LogP contribution < -0.4 is 0 Å². The van der Waals surface area contributed by atoms with Gasteiger partial charge in [0.2, 0.25) is 0 Å². The Morgan fingerprint density at radius 2 is 1.72 bits per heavy atom. The van der Waals surface area contributed by atoms with E-state index >= 15 is 0 Å². The van der Waals surface area contributed by atoms with Crippen LogP contribution in [-0.2, 0) is 17.6 Å². The van der Waals surface area contributed by atoms with Crippen molar-refractivity contribution in [3.63, 3.8) is 0 Å². The molecule has 0 atom stereocenters. The molecule has 170 valence electrons. The highest BCUT2D eigenvalue weighted by atomic mass is 32.2. The Labute approximate surface area is 198 Å². The zero-order valence-corrected chi connectivity index (χ0v) is 20.2. The van der Waals surface area contributed by atoms with Crippen LogP contribution in [0.3, 0.4) is 0 Å². The SMILES string of the molecule is C=Cc1ccc(SN(CCOC)CC2CCN(C3Cc4ccccc4C3)CC2)cc1C=C. The van der Waals surface area contributed by atoms with E-state index in [4.69, 9.17) is 4.74 Å². The van der Waals surface area contributed by atoms with Crippen LogP contribution in [0.15, 0.2) is 60.5 Å². The number of piperidine rings is 1. The molecule has 0 unspecified atom stereocenters. The minimum atomic E-state index is 0.702. The Balaban J connectivity index is 1.32. The van der Waals surface area contributed by atoms with Gasteiger partial charge in [0.15, 0.2) is 0 Å². The summed E-state index contributed by atoms with van der Waals surface area (Å²) in [5.41, 5.74) is 5.39. The second-order valence-corrected chi connectivity index (χ2v) is 10.2. The molecule has 0 N–H and O–H groups in total. The van der Waals surface area contributed by atoms with Crippen LogP contribution in [0.1, 0.15) is 35.1 Å². The molecule has 0 radical (unpaired) electrons. The first-order chi connectivity index (χ1) is 15.7. The summed E-state index contributed by atoms with van der Waals surface area (Å²) in [5, 5.41) is 0. The highest BCUT2D eigenvalue weighted by Gasteiger charge is 2.30. The molecule has 0 spiro atoms. The Hall–Kier alpha value is -1.85. The maximum absolute atomic E-state index is 5.40. The normalized spacial score (nSPS) is 17.6. The highest BCUT2D eigenvalue weighted by molar-refractivity contribution is 7.97. The van der Waals surface area contributed by atoms with Crippen molar-refractivity contribution in [3.05, 3.63) is 77.9 Å². The van der Waals surface area contributed by atoms with Crippen molar-refractivity contribution in [3.8, 4) is 0 Å². The maximum Gasteiger partial charge on any atom is 0.0599 e. The van der Waals surface area contributed by atoms with Crippen LogP contribution >= 0.6 is 11.9 Å². The van der Waals surface area contributed by atoms with Gasteiger partial charge in [-0.05, 0) is 91.0 Å². The zero-order chi connectivity index (χ0) is 22.3. The number of methoxy groups -OCH3 is 1. The minimum absolute atomic E-state index is 0.702. The molecule has 2 aromatic rings. The van der Waals surface area contributed by atoms with Crippen LogP contribution in [0.5, 0.6) is 0 Å². The molecule has 4 heteroatoms. The molecule has 1 aliphatic carbocycles. The van der Waals surface area contributed by atoms with Gasteiger partial charge in [0, 0.05) is 31.1 Å². The second kappa shape index (κ2) is 11.3. The van der Waals surface area contributed by atoms with Crippen molar-refractivity contribution in [1.82, 2.24) is 9.21 Å². The van der Waals surface area contributed by atoms with Crippen molar-refractivity contribution in [1.29, 1.82) is 0 Å². The lowest BCUT2D eigenvalue weighted by atomic mass is 9.95. The van der Waals surface area contributed by atoms with Gasteiger partial charge in [0.05, 0.1) is 6.61 Å². The Morgan fingerprint density at radius 3 is 2.34 bits per heavy atom. The van der Waals surface area contributed by atoms with E-state index in [2.05, 4.69) is 64.8 Å². The van der Waals surface area contributed by atoms with Gasteiger partial charge in [-0.15, -0.1) is 0 Å². The molecule has 4 rings (SSSR count). The molecular formula is C28H36N2OS. The molecule has 32 heavy (non-hydrogen) atoms. The summed E-state index contributed by atoms with van der Waals surface area (Å²) in [6, 6.07) is 16.2. The highest BCUT2D eigenvalue weighted by Crippen LogP contribution is 2.31. The molecule has 0 aromatic heterocycles. The van der Waals surface area contributed by atoms with Crippen molar-refractivity contribution < 1.29 is 4.74 Å². The third kappa shape index (κ3) is 5.74. The molecule has 3 nitrogen and oxygen atoms in total. The maximum atomic E-state index is 5.40. The Bertz CT molecular complexity index is 894. The number of likely N-dealkylation sites (tertiary alicyclic amines) is 1. The largest absolute Gasteiger partial charge is 0.383 e. The van der Waals surface area contributed by atoms with E-state index in [1.165, 1.54) is 43.7 Å². The van der Waals surface area contributed by atoms with E-state index < -0.39 is 0 Å². The molecule has 2 aromatic carbocycles. The third-order valence-corrected chi connectivity index (χ3v) is 7.99. The molecule has 1 aliphatic heterocycles. The van der Waals surface area contributed by atoms with Gasteiger partial charge in [-0.1, -0.05) is 55.6 Å². The second-order valence-electron chi connectivity index (χ2n) is 8.98. The summed E-state index contributed by atoms with van der Waals surface area (Å²) in [4.78, 5) is 4.00. The third-order valence-electron chi connectivity index (χ3n) is 6.93. The molecule has 0 bridgehead atoms. The number of benzene rings is 2. The number of ether oxygens (including phenoxy) is 1. The fourth-order valence-corrected chi connectivity index (χ4v) is 6.13. The van der Waals surface area contributed by atoms with Gasteiger partial charge in [-0.25, -0.2) is 4.31 Å². The van der Waals surface area contributed by atoms with Gasteiger partial charge in [-0.2, -0.15) is 0 Å². The van der Waals surface area contributed by atoms with Crippen molar-refractivity contribution in [2.45, 2.75) is 36.6 Å². The molecular weight excluding hydrogens is 412 g/mol. The first kappa shape index (κ1) is 23.3. The fraction of sp³-hybridized carbons (Fsp3) is 0.429. The molecule has 1 fully saturated rings. The van der Waals surface area contributed by atoms with Gasteiger partial charge in [0.1, 0.15) is 0 Å². The Kier molecular flexibility index (Phi) is 8.26. The number of fused-ring (bicyclic) bond motifs is 1. The van der Waals surface area contributed by atoms with Crippen molar-refractivity contribution in [2.75, 3.05) is 39.9 Å². The predicted octanol–water partition coefficient (Wildman–Crippen LogP) is 5.81. The standard InChI is InChI=1S/C28H36N2OS/c1-4-23-10-11-28(20-24(23)5-2)32-30(16-17-31-3)21-22-12-14-29(15-13-22)27-18-25-8-6-7-9-26(25)19-27/h4-11,20,22,27H,1-2,12-19,21H2,3H3. The number of nitrogens with zero attached hydrogens (tertiary/aromatic N) is 2.